The first-order valence-corrected chi connectivity index (χ1v) is 9.58. The van der Waals surface area contributed by atoms with Gasteiger partial charge in [-0.3, -0.25) is 9.69 Å². The van der Waals surface area contributed by atoms with Crippen molar-refractivity contribution in [2.75, 3.05) is 6.54 Å². The minimum Gasteiger partial charge on any atom is -0.271 e. The molecule has 3 aromatic carbocycles. The Labute approximate surface area is 169 Å². The molecule has 1 aliphatic rings. The molecule has 1 heterocycles. The summed E-state index contributed by atoms with van der Waals surface area (Å²) in [7, 11) is 0. The molecule has 0 radical (unpaired) electrons. The summed E-state index contributed by atoms with van der Waals surface area (Å²) in [6.07, 6.45) is -0.387. The Balaban J connectivity index is 1.70. The summed E-state index contributed by atoms with van der Waals surface area (Å²) < 4.78 is 13.5. The Kier molecular flexibility index (Phi) is 5.49. The fourth-order valence-electron chi connectivity index (χ4n) is 3.58. The van der Waals surface area contributed by atoms with Crippen LogP contribution >= 0.6 is 0 Å². The van der Waals surface area contributed by atoms with Gasteiger partial charge >= 0.3 is 0 Å². The average Bonchev–Trinajstić information content (AvgIpc) is 3.04. The second-order valence-corrected chi connectivity index (χ2v) is 7.11. The van der Waals surface area contributed by atoms with E-state index in [1.165, 1.54) is 17.1 Å². The summed E-state index contributed by atoms with van der Waals surface area (Å²) in [5, 5.41) is 6.19. The molecule has 5 heteroatoms. The van der Waals surface area contributed by atoms with E-state index in [1.807, 2.05) is 67.6 Å². The largest absolute Gasteiger partial charge is 0.271 e. The lowest BCUT2D eigenvalue weighted by Crippen LogP contribution is -2.29. The fraction of sp³-hybridized carbons (Fsp3) is 0.167. The second kappa shape index (κ2) is 8.37. The molecule has 0 aliphatic carbocycles. The first-order chi connectivity index (χ1) is 14.1. The highest BCUT2D eigenvalue weighted by molar-refractivity contribution is 5.99. The van der Waals surface area contributed by atoms with Gasteiger partial charge in [-0.15, -0.1) is 0 Å². The van der Waals surface area contributed by atoms with Crippen molar-refractivity contribution in [3.05, 3.63) is 107 Å². The molecule has 0 spiro atoms. The van der Waals surface area contributed by atoms with Gasteiger partial charge in [-0.1, -0.05) is 72.8 Å². The number of halogens is 1. The van der Waals surface area contributed by atoms with Gasteiger partial charge in [-0.25, -0.2) is 9.40 Å². The Morgan fingerprint density at radius 3 is 2.24 bits per heavy atom. The highest BCUT2D eigenvalue weighted by Crippen LogP contribution is 2.33. The van der Waals surface area contributed by atoms with E-state index in [-0.39, 0.29) is 24.4 Å². The zero-order chi connectivity index (χ0) is 20.2. The third-order valence-corrected chi connectivity index (χ3v) is 5.02. The third-order valence-electron chi connectivity index (χ3n) is 5.02. The fourth-order valence-corrected chi connectivity index (χ4v) is 3.58. The van der Waals surface area contributed by atoms with Crippen molar-refractivity contribution in [2.24, 2.45) is 5.10 Å². The summed E-state index contributed by atoms with van der Waals surface area (Å²) in [6, 6.07) is 26.0. The van der Waals surface area contributed by atoms with E-state index in [1.54, 1.807) is 12.1 Å². The Bertz CT molecular complexity index is 1000. The lowest BCUT2D eigenvalue weighted by atomic mass is 10.1. The Hall–Kier alpha value is -3.31. The van der Waals surface area contributed by atoms with E-state index in [4.69, 9.17) is 0 Å². The van der Waals surface area contributed by atoms with Crippen molar-refractivity contribution >= 4 is 11.6 Å². The van der Waals surface area contributed by atoms with Crippen LogP contribution in [0.3, 0.4) is 0 Å². The second-order valence-electron chi connectivity index (χ2n) is 7.11. The van der Waals surface area contributed by atoms with Gasteiger partial charge in [0.05, 0.1) is 12.3 Å². The quantitative estimate of drug-likeness (QED) is 0.600. The van der Waals surface area contributed by atoms with E-state index in [0.29, 0.717) is 6.54 Å². The molecule has 29 heavy (non-hydrogen) atoms. The van der Waals surface area contributed by atoms with E-state index >= 15 is 0 Å². The standard InChI is InChI=1S/C24H22FN3O/c1-18(20-10-6-3-7-11-20)26-28-23(29)17-27(16-19-8-4-2-5-9-19)24(28)21-12-14-22(25)15-13-21/h2-15,24H,16-17H2,1H3/b26-18-/t24-/m1/s1. The van der Waals surface area contributed by atoms with Crippen LogP contribution in [0.15, 0.2) is 90.0 Å². The number of hydrogen-bond acceptors (Lipinski definition) is 3. The summed E-state index contributed by atoms with van der Waals surface area (Å²) in [4.78, 5) is 15.0. The van der Waals surface area contributed by atoms with E-state index in [0.717, 1.165) is 22.4 Å². The minimum atomic E-state index is -0.387. The van der Waals surface area contributed by atoms with Gasteiger partial charge in [0.2, 0.25) is 0 Å². The number of hydrogen-bond donors (Lipinski definition) is 0. The maximum atomic E-state index is 13.5. The van der Waals surface area contributed by atoms with Gasteiger partial charge in [0, 0.05) is 6.54 Å². The molecule has 1 amide bonds. The number of amides is 1. The molecule has 1 fully saturated rings. The van der Waals surface area contributed by atoms with Gasteiger partial charge in [0.15, 0.2) is 0 Å². The van der Waals surface area contributed by atoms with Crippen molar-refractivity contribution in [2.45, 2.75) is 19.6 Å². The number of carbonyl (C=O) groups is 1. The van der Waals surface area contributed by atoms with E-state index in [9.17, 15) is 9.18 Å². The molecule has 0 N–H and O–H groups in total. The number of hydrazone groups is 1. The minimum absolute atomic E-state index is 0.0782. The van der Waals surface area contributed by atoms with E-state index in [2.05, 4.69) is 10.0 Å². The van der Waals surface area contributed by atoms with Crippen LogP contribution < -0.4 is 0 Å². The molecule has 1 saturated heterocycles. The molecule has 1 atom stereocenters. The van der Waals surface area contributed by atoms with Crippen LogP contribution in [0.25, 0.3) is 0 Å². The van der Waals surface area contributed by atoms with Gasteiger partial charge in [0.1, 0.15) is 12.0 Å². The molecular formula is C24H22FN3O. The monoisotopic (exact) mass is 387 g/mol. The van der Waals surface area contributed by atoms with Crippen molar-refractivity contribution in [1.29, 1.82) is 0 Å². The average molecular weight is 387 g/mol. The molecule has 0 saturated carbocycles. The highest BCUT2D eigenvalue weighted by atomic mass is 19.1. The molecule has 146 valence electrons. The van der Waals surface area contributed by atoms with Crippen molar-refractivity contribution in [3.63, 3.8) is 0 Å². The predicted octanol–water partition coefficient (Wildman–Crippen LogP) is 4.59. The van der Waals surface area contributed by atoms with E-state index < -0.39 is 0 Å². The maximum absolute atomic E-state index is 13.5. The van der Waals surface area contributed by atoms with Crippen LogP contribution in [0, 0.1) is 5.82 Å². The number of rotatable bonds is 5. The third kappa shape index (κ3) is 4.25. The van der Waals surface area contributed by atoms with Crippen molar-refractivity contribution in [1.82, 2.24) is 9.91 Å². The maximum Gasteiger partial charge on any atom is 0.258 e. The summed E-state index contributed by atoms with van der Waals surface area (Å²) >= 11 is 0. The van der Waals surface area contributed by atoms with Crippen LogP contribution in [-0.4, -0.2) is 28.1 Å². The first kappa shape index (κ1) is 19.0. The van der Waals surface area contributed by atoms with Gasteiger partial charge in [0.25, 0.3) is 5.91 Å². The molecule has 0 unspecified atom stereocenters. The van der Waals surface area contributed by atoms with Gasteiger partial charge in [-0.05, 0) is 35.7 Å². The molecule has 1 aliphatic heterocycles. The van der Waals surface area contributed by atoms with Crippen molar-refractivity contribution < 1.29 is 9.18 Å². The van der Waals surface area contributed by atoms with Crippen LogP contribution in [0.4, 0.5) is 4.39 Å². The molecule has 0 bridgehead atoms. The molecule has 4 rings (SSSR count). The first-order valence-electron chi connectivity index (χ1n) is 9.58. The smallest absolute Gasteiger partial charge is 0.258 e. The Morgan fingerprint density at radius 1 is 0.966 bits per heavy atom. The molecule has 3 aromatic rings. The topological polar surface area (TPSA) is 35.9 Å². The SMILES string of the molecule is C/C(=N/N1C(=O)CN(Cc2ccccc2)[C@H]1c1ccc(F)cc1)c1ccccc1. The van der Waals surface area contributed by atoms with Crippen LogP contribution in [0.1, 0.15) is 29.8 Å². The number of nitrogens with zero attached hydrogens (tertiary/aromatic N) is 3. The van der Waals surface area contributed by atoms with Crippen LogP contribution in [-0.2, 0) is 11.3 Å². The highest BCUT2D eigenvalue weighted by Gasteiger charge is 2.39. The molecule has 0 aromatic heterocycles. The zero-order valence-corrected chi connectivity index (χ0v) is 16.2. The summed E-state index contributed by atoms with van der Waals surface area (Å²) in [5.74, 6) is -0.381. The Morgan fingerprint density at radius 2 is 1.59 bits per heavy atom. The number of carbonyl (C=O) groups excluding carboxylic acids is 1. The normalized spacial score (nSPS) is 17.7. The van der Waals surface area contributed by atoms with Gasteiger partial charge in [-0.2, -0.15) is 5.10 Å². The van der Waals surface area contributed by atoms with Gasteiger partial charge < -0.3 is 0 Å². The van der Waals surface area contributed by atoms with Crippen molar-refractivity contribution in [3.8, 4) is 0 Å². The predicted molar refractivity (Wildman–Crippen MR) is 111 cm³/mol. The number of benzene rings is 3. The summed E-state index contributed by atoms with van der Waals surface area (Å²) in [6.45, 7) is 2.75. The van der Waals surface area contributed by atoms with Crippen LogP contribution in [0.5, 0.6) is 0 Å². The zero-order valence-electron chi connectivity index (χ0n) is 16.2. The lowest BCUT2D eigenvalue weighted by molar-refractivity contribution is -0.128. The molecular weight excluding hydrogens is 365 g/mol. The summed E-state index contributed by atoms with van der Waals surface area (Å²) in [5.41, 5.74) is 3.66. The molecule has 4 nitrogen and oxygen atoms in total. The lowest BCUT2D eigenvalue weighted by Gasteiger charge is -2.28. The van der Waals surface area contributed by atoms with Crippen LogP contribution in [0.2, 0.25) is 0 Å².